The molecule has 0 unspecified atom stereocenters. The molecule has 5 atom stereocenters. The SMILES string of the molecule is C#Cc1ccc([C@H]2C[C@@]3(C)[C@@H](CC[C@@]3(O)C#CCO)[C@@H]3CCC4=CC(=O)CCC4=C32)cc1. The molecule has 164 valence electrons. The van der Waals surface area contributed by atoms with E-state index in [9.17, 15) is 15.0 Å². The molecule has 5 rings (SSSR count). The number of terminal acetylenes is 1. The lowest BCUT2D eigenvalue weighted by molar-refractivity contribution is -0.114. The maximum atomic E-state index is 12.1. The largest absolute Gasteiger partial charge is 0.384 e. The molecule has 0 saturated heterocycles. The van der Waals surface area contributed by atoms with E-state index in [1.54, 1.807) is 0 Å². The Hall–Kier alpha value is -2.59. The number of aliphatic hydroxyl groups excluding tert-OH is 1. The molecule has 0 aliphatic heterocycles. The van der Waals surface area contributed by atoms with Crippen LogP contribution < -0.4 is 0 Å². The molecule has 4 aliphatic rings. The summed E-state index contributed by atoms with van der Waals surface area (Å²) in [4.78, 5) is 12.1. The van der Waals surface area contributed by atoms with Crippen LogP contribution in [0.15, 0.2) is 47.1 Å². The van der Waals surface area contributed by atoms with Crippen LogP contribution in [0.5, 0.6) is 0 Å². The number of carbonyl (C=O) groups excluding carboxylic acids is 1. The third-order valence-electron chi connectivity index (χ3n) is 8.74. The molecule has 0 radical (unpaired) electrons. The van der Waals surface area contributed by atoms with Gasteiger partial charge in [0.2, 0.25) is 0 Å². The van der Waals surface area contributed by atoms with E-state index in [2.05, 4.69) is 36.8 Å². The number of rotatable bonds is 1. The summed E-state index contributed by atoms with van der Waals surface area (Å²) in [6, 6.07) is 8.27. The minimum atomic E-state index is -1.09. The van der Waals surface area contributed by atoms with E-state index in [0.717, 1.165) is 37.7 Å². The smallest absolute Gasteiger partial charge is 0.156 e. The Labute approximate surface area is 190 Å². The van der Waals surface area contributed by atoms with Gasteiger partial charge in [0.1, 0.15) is 12.2 Å². The second-order valence-corrected chi connectivity index (χ2v) is 10.1. The Morgan fingerprint density at radius 2 is 1.94 bits per heavy atom. The van der Waals surface area contributed by atoms with Crippen molar-refractivity contribution in [1.82, 2.24) is 0 Å². The van der Waals surface area contributed by atoms with Crippen molar-refractivity contribution in [1.29, 1.82) is 0 Å². The first-order valence-electron chi connectivity index (χ1n) is 11.8. The van der Waals surface area contributed by atoms with Gasteiger partial charge in [-0.2, -0.15) is 0 Å². The Morgan fingerprint density at radius 3 is 2.66 bits per heavy atom. The number of hydrogen-bond acceptors (Lipinski definition) is 3. The zero-order valence-electron chi connectivity index (χ0n) is 18.7. The maximum absolute atomic E-state index is 12.1. The third kappa shape index (κ3) is 3.11. The summed E-state index contributed by atoms with van der Waals surface area (Å²) >= 11 is 0. The van der Waals surface area contributed by atoms with Gasteiger partial charge in [-0.1, -0.05) is 42.4 Å². The summed E-state index contributed by atoms with van der Waals surface area (Å²) in [6.07, 6.45) is 13.2. The number of fused-ring (bicyclic) bond motifs is 4. The van der Waals surface area contributed by atoms with Crippen LogP contribution in [0.2, 0.25) is 0 Å². The number of ketones is 1. The van der Waals surface area contributed by atoms with Crippen LogP contribution in [0.1, 0.15) is 68.9 Å². The number of benzene rings is 1. The molecule has 0 aromatic heterocycles. The second-order valence-electron chi connectivity index (χ2n) is 10.1. The quantitative estimate of drug-likeness (QED) is 0.659. The molecule has 32 heavy (non-hydrogen) atoms. The Balaban J connectivity index is 1.67. The Bertz CT molecular complexity index is 1120. The molecule has 1 aromatic carbocycles. The van der Waals surface area contributed by atoms with Gasteiger partial charge in [-0.15, -0.1) is 6.42 Å². The van der Waals surface area contributed by atoms with Crippen molar-refractivity contribution in [3.63, 3.8) is 0 Å². The fourth-order valence-electron chi connectivity index (χ4n) is 7.17. The van der Waals surface area contributed by atoms with E-state index in [1.807, 2.05) is 18.2 Å². The van der Waals surface area contributed by atoms with Gasteiger partial charge in [-0.25, -0.2) is 0 Å². The molecule has 2 N–H and O–H groups in total. The van der Waals surface area contributed by atoms with Crippen LogP contribution in [0, 0.1) is 41.4 Å². The highest BCUT2D eigenvalue weighted by molar-refractivity contribution is 5.93. The molecule has 2 saturated carbocycles. The Kier molecular flexibility index (Phi) is 5.16. The minimum Gasteiger partial charge on any atom is -0.384 e. The maximum Gasteiger partial charge on any atom is 0.156 e. The van der Waals surface area contributed by atoms with Gasteiger partial charge < -0.3 is 10.2 Å². The lowest BCUT2D eigenvalue weighted by Crippen LogP contribution is -2.51. The molecule has 2 fully saturated rings. The molecule has 3 heteroatoms. The third-order valence-corrected chi connectivity index (χ3v) is 8.74. The van der Waals surface area contributed by atoms with Crippen molar-refractivity contribution in [3.05, 3.63) is 58.2 Å². The van der Waals surface area contributed by atoms with Crippen LogP contribution >= 0.6 is 0 Å². The topological polar surface area (TPSA) is 57.5 Å². The van der Waals surface area contributed by atoms with E-state index in [4.69, 9.17) is 6.42 Å². The van der Waals surface area contributed by atoms with Gasteiger partial charge >= 0.3 is 0 Å². The van der Waals surface area contributed by atoms with Gasteiger partial charge in [0, 0.05) is 23.3 Å². The van der Waals surface area contributed by atoms with Crippen LogP contribution in [0.25, 0.3) is 0 Å². The molecular weight excluding hydrogens is 396 g/mol. The lowest BCUT2D eigenvalue weighted by Gasteiger charge is -2.53. The first-order chi connectivity index (χ1) is 15.4. The van der Waals surface area contributed by atoms with Gasteiger partial charge in [0.15, 0.2) is 5.78 Å². The molecule has 0 amide bonds. The van der Waals surface area contributed by atoms with Gasteiger partial charge in [-0.3, -0.25) is 4.79 Å². The number of hydrogen-bond donors (Lipinski definition) is 2. The molecular formula is C29H30O3. The first kappa shape index (κ1) is 21.3. The van der Waals surface area contributed by atoms with E-state index >= 15 is 0 Å². The monoisotopic (exact) mass is 426 g/mol. The van der Waals surface area contributed by atoms with E-state index in [1.165, 1.54) is 22.3 Å². The molecule has 0 spiro atoms. The van der Waals surface area contributed by atoms with Gasteiger partial charge in [0.05, 0.1) is 0 Å². The van der Waals surface area contributed by atoms with E-state index in [-0.39, 0.29) is 23.7 Å². The average Bonchev–Trinajstić information content (AvgIpc) is 3.07. The lowest BCUT2D eigenvalue weighted by atomic mass is 9.51. The summed E-state index contributed by atoms with van der Waals surface area (Å²) in [5.74, 6) is 9.66. The first-order valence-corrected chi connectivity index (χ1v) is 11.8. The van der Waals surface area contributed by atoms with Crippen molar-refractivity contribution in [2.24, 2.45) is 17.3 Å². The van der Waals surface area contributed by atoms with Crippen molar-refractivity contribution < 1.29 is 15.0 Å². The number of aliphatic hydroxyl groups is 2. The van der Waals surface area contributed by atoms with Gasteiger partial charge in [0.25, 0.3) is 0 Å². The Morgan fingerprint density at radius 1 is 1.16 bits per heavy atom. The summed E-state index contributed by atoms with van der Waals surface area (Å²) in [5.41, 5.74) is 4.75. The standard InChI is InChI=1S/C29H30O3/c1-3-19-5-7-20(8-6-19)25-18-28(2)26(13-15-29(28,32)14-4-16-30)24-11-9-21-17-22(31)10-12-23(21)27(24)25/h1,5-8,17,24-26,30,32H,9-13,15-16,18H2,2H3/t24-,25+,26-,28-,29-/m0/s1. The predicted octanol–water partition coefficient (Wildman–Crippen LogP) is 4.29. The van der Waals surface area contributed by atoms with Crippen molar-refractivity contribution in [2.75, 3.05) is 6.61 Å². The van der Waals surface area contributed by atoms with E-state index in [0.29, 0.717) is 24.7 Å². The summed E-state index contributed by atoms with van der Waals surface area (Å²) in [6.45, 7) is 1.97. The van der Waals surface area contributed by atoms with Gasteiger partial charge in [-0.05, 0) is 85.3 Å². The predicted molar refractivity (Wildman–Crippen MR) is 124 cm³/mol. The zero-order chi connectivity index (χ0) is 22.5. The summed E-state index contributed by atoms with van der Waals surface area (Å²) < 4.78 is 0. The molecule has 1 aromatic rings. The zero-order valence-corrected chi connectivity index (χ0v) is 18.7. The molecule has 4 aliphatic carbocycles. The molecule has 0 bridgehead atoms. The van der Waals surface area contributed by atoms with Crippen LogP contribution in [0.3, 0.4) is 0 Å². The summed E-state index contributed by atoms with van der Waals surface area (Å²) in [7, 11) is 0. The van der Waals surface area contributed by atoms with E-state index < -0.39 is 5.60 Å². The van der Waals surface area contributed by atoms with Crippen molar-refractivity contribution >= 4 is 5.78 Å². The highest BCUT2D eigenvalue weighted by atomic mass is 16.3. The van der Waals surface area contributed by atoms with Crippen molar-refractivity contribution in [3.8, 4) is 24.2 Å². The van der Waals surface area contributed by atoms with Crippen molar-refractivity contribution in [2.45, 2.75) is 63.4 Å². The van der Waals surface area contributed by atoms with Crippen LogP contribution in [0.4, 0.5) is 0 Å². The number of allylic oxidation sites excluding steroid dienone is 4. The fraction of sp³-hybridized carbons (Fsp3) is 0.483. The summed E-state index contributed by atoms with van der Waals surface area (Å²) in [5, 5.41) is 21.0. The minimum absolute atomic E-state index is 0.167. The van der Waals surface area contributed by atoms with Crippen LogP contribution in [-0.2, 0) is 4.79 Å². The highest BCUT2D eigenvalue weighted by Gasteiger charge is 2.62. The molecule has 3 nitrogen and oxygen atoms in total. The second kappa shape index (κ2) is 7.77. The normalized spacial score (nSPS) is 35.6. The number of carbonyl (C=O) groups is 1. The van der Waals surface area contributed by atoms with Crippen LogP contribution in [-0.4, -0.2) is 28.2 Å². The highest BCUT2D eigenvalue weighted by Crippen LogP contribution is 2.66. The fourth-order valence-corrected chi connectivity index (χ4v) is 7.17. The average molecular weight is 427 g/mol. The molecule has 0 heterocycles.